The fraction of sp³-hybridized carbons (Fsp3) is 0.545. The Kier molecular flexibility index (Phi) is 2.21. The van der Waals surface area contributed by atoms with E-state index in [1.54, 1.807) is 6.92 Å². The summed E-state index contributed by atoms with van der Waals surface area (Å²) in [6, 6.07) is 0. The van der Waals surface area contributed by atoms with Gasteiger partial charge in [0.15, 0.2) is 11.9 Å². The van der Waals surface area contributed by atoms with Gasteiger partial charge in [-0.15, -0.1) is 0 Å². The van der Waals surface area contributed by atoms with Crippen molar-refractivity contribution in [3.63, 3.8) is 0 Å². The maximum atomic E-state index is 11.7. The summed E-state index contributed by atoms with van der Waals surface area (Å²) in [4.78, 5) is 18.6. The van der Waals surface area contributed by atoms with E-state index in [1.807, 2.05) is 0 Å². The quantitative estimate of drug-likeness (QED) is 0.749. The van der Waals surface area contributed by atoms with Crippen molar-refractivity contribution in [1.29, 1.82) is 0 Å². The molecule has 2 aromatic rings. The molecule has 96 valence electrons. The zero-order valence-corrected chi connectivity index (χ0v) is 9.83. The average Bonchev–Trinajstić information content (AvgIpc) is 2.92. The number of fused-ring (bicyclic) bond motifs is 1. The van der Waals surface area contributed by atoms with Gasteiger partial charge in [-0.25, -0.2) is 9.67 Å². The molecule has 0 saturated carbocycles. The van der Waals surface area contributed by atoms with Crippen LogP contribution >= 0.6 is 0 Å². The van der Waals surface area contributed by atoms with Crippen LogP contribution in [0.5, 0.6) is 0 Å². The predicted molar refractivity (Wildman–Crippen MR) is 63.1 cm³/mol. The number of nitrogens with zero attached hydrogens (tertiary/aromatic N) is 3. The second-order valence-electron chi connectivity index (χ2n) is 4.41. The molecule has 3 atom stereocenters. The molecule has 1 unspecified atom stereocenters. The summed E-state index contributed by atoms with van der Waals surface area (Å²) < 4.78 is 14.4. The predicted octanol–water partition coefficient (Wildman–Crippen LogP) is 0.0963. The molecule has 0 spiro atoms. The van der Waals surface area contributed by atoms with Crippen LogP contribution in [0.3, 0.4) is 0 Å². The molecular formula is C11H14N4O3. The van der Waals surface area contributed by atoms with Crippen molar-refractivity contribution in [2.24, 2.45) is 0 Å². The van der Waals surface area contributed by atoms with Crippen molar-refractivity contribution in [1.82, 2.24) is 19.7 Å². The Morgan fingerprint density at radius 1 is 1.72 bits per heavy atom. The summed E-state index contributed by atoms with van der Waals surface area (Å²) in [5, 5.41) is 14.3. The van der Waals surface area contributed by atoms with Crippen LogP contribution in [0, 0.1) is 6.92 Å². The number of aromatic amines is 1. The van der Waals surface area contributed by atoms with Gasteiger partial charge in [-0.2, -0.15) is 5.10 Å². The van der Waals surface area contributed by atoms with Gasteiger partial charge in [0.1, 0.15) is 11.2 Å². The van der Waals surface area contributed by atoms with E-state index in [9.17, 15) is 9.90 Å². The zero-order valence-electron chi connectivity index (χ0n) is 10.8. The second-order valence-corrected chi connectivity index (χ2v) is 4.41. The van der Waals surface area contributed by atoms with E-state index in [4.69, 9.17) is 6.11 Å². The van der Waals surface area contributed by atoms with E-state index in [1.165, 1.54) is 10.9 Å². The molecule has 0 radical (unpaired) electrons. The van der Waals surface area contributed by atoms with E-state index in [0.29, 0.717) is 23.3 Å². The third-order valence-corrected chi connectivity index (χ3v) is 3.06. The summed E-state index contributed by atoms with van der Waals surface area (Å²) in [6.07, 6.45) is 0.0758. The van der Waals surface area contributed by atoms with Crippen LogP contribution in [-0.4, -0.2) is 37.1 Å². The first kappa shape index (κ1) is 10.2. The van der Waals surface area contributed by atoms with E-state index in [-0.39, 0.29) is 12.5 Å². The van der Waals surface area contributed by atoms with Gasteiger partial charge >= 0.3 is 0 Å². The number of aryl methyl sites for hydroxylation is 1. The average molecular weight is 251 g/mol. The lowest BCUT2D eigenvalue weighted by Crippen LogP contribution is -2.15. The van der Waals surface area contributed by atoms with Gasteiger partial charge < -0.3 is 14.8 Å². The lowest BCUT2D eigenvalue weighted by atomic mass is 10.2. The van der Waals surface area contributed by atoms with Crippen LogP contribution in [0.15, 0.2) is 11.0 Å². The molecule has 1 aliphatic heterocycles. The van der Waals surface area contributed by atoms with Crippen LogP contribution in [0.1, 0.15) is 26.7 Å². The van der Waals surface area contributed by atoms with Gasteiger partial charge in [-0.1, -0.05) is 0 Å². The van der Waals surface area contributed by atoms with Crippen molar-refractivity contribution < 1.29 is 11.2 Å². The second kappa shape index (κ2) is 3.89. The maximum absolute atomic E-state index is 11.7. The lowest BCUT2D eigenvalue weighted by Gasteiger charge is -2.11. The van der Waals surface area contributed by atoms with E-state index < -0.39 is 18.4 Å². The molecule has 0 aliphatic carbocycles. The Hall–Kier alpha value is -1.73. The number of aromatic nitrogens is 4. The highest BCUT2D eigenvalue weighted by Crippen LogP contribution is 2.29. The first-order chi connectivity index (χ1) is 9.10. The Bertz CT molecular complexity index is 667. The van der Waals surface area contributed by atoms with Crippen molar-refractivity contribution in [2.75, 3.05) is 0 Å². The van der Waals surface area contributed by atoms with E-state index >= 15 is 0 Å². The van der Waals surface area contributed by atoms with Gasteiger partial charge in [0.25, 0.3) is 5.56 Å². The molecule has 7 nitrogen and oxygen atoms in total. The minimum atomic E-state index is -0.690. The molecule has 18 heavy (non-hydrogen) atoms. The van der Waals surface area contributed by atoms with Crippen molar-refractivity contribution in [2.45, 2.75) is 38.7 Å². The number of nitrogens with one attached hydrogen (secondary N) is 1. The highest BCUT2D eigenvalue weighted by Gasteiger charge is 2.33. The van der Waals surface area contributed by atoms with Gasteiger partial charge in [0.2, 0.25) is 0 Å². The number of rotatable bonds is 1. The molecule has 2 aromatic heterocycles. The molecule has 0 aromatic carbocycles. The van der Waals surface area contributed by atoms with Crippen LogP contribution in [0.2, 0.25) is 0 Å². The van der Waals surface area contributed by atoms with Gasteiger partial charge in [-0.3, -0.25) is 4.79 Å². The van der Waals surface area contributed by atoms with Gasteiger partial charge in [0, 0.05) is 7.79 Å². The molecule has 7 heteroatoms. The van der Waals surface area contributed by atoms with Crippen molar-refractivity contribution in [3.8, 4) is 0 Å². The van der Waals surface area contributed by atoms with Crippen molar-refractivity contribution in [3.05, 3.63) is 22.4 Å². The standard InChI is InChI=1S/C11H14N4O3/c1-5-8(16)3-9(18-5)15-10-7(4-12-15)11(17)14-6(2)13-10/h4-5,8-9,16H,3H2,1-2H3,(H,13,14,17)/t5-,8?,9-/m1/s1/i1D. The van der Waals surface area contributed by atoms with Crippen LogP contribution in [-0.2, 0) is 4.74 Å². The summed E-state index contributed by atoms with van der Waals surface area (Å²) in [5.74, 6) is 0.495. The van der Waals surface area contributed by atoms with Crippen LogP contribution in [0.4, 0.5) is 0 Å². The summed E-state index contributed by atoms with van der Waals surface area (Å²) >= 11 is 0. The fourth-order valence-electron chi connectivity index (χ4n) is 2.12. The summed E-state index contributed by atoms with van der Waals surface area (Å²) in [6.45, 7) is 1.68. The molecule has 1 fully saturated rings. The highest BCUT2D eigenvalue weighted by molar-refractivity contribution is 5.73. The Morgan fingerprint density at radius 2 is 2.56 bits per heavy atom. The molecule has 3 rings (SSSR count). The number of H-pyrrole nitrogens is 1. The normalized spacial score (nSPS) is 28.8. The molecule has 3 heterocycles. The molecule has 0 bridgehead atoms. The minimum Gasteiger partial charge on any atom is -0.390 e. The highest BCUT2D eigenvalue weighted by atomic mass is 16.5. The molecule has 1 saturated heterocycles. The smallest absolute Gasteiger partial charge is 0.262 e. The Morgan fingerprint density at radius 3 is 3.28 bits per heavy atom. The molecule has 0 amide bonds. The Labute approximate surface area is 104 Å². The maximum Gasteiger partial charge on any atom is 0.262 e. The summed E-state index contributed by atoms with van der Waals surface area (Å²) in [5.41, 5.74) is 0.188. The largest absolute Gasteiger partial charge is 0.390 e. The molecule has 2 N–H and O–H groups in total. The third kappa shape index (κ3) is 1.63. The van der Waals surface area contributed by atoms with Crippen LogP contribution in [0.25, 0.3) is 11.0 Å². The number of ether oxygens (including phenoxy) is 1. The number of hydrogen-bond acceptors (Lipinski definition) is 5. The molecular weight excluding hydrogens is 236 g/mol. The number of aliphatic hydroxyl groups excluding tert-OH is 1. The zero-order chi connectivity index (χ0) is 13.6. The Balaban J connectivity index is 2.05. The summed E-state index contributed by atoms with van der Waals surface area (Å²) in [7, 11) is 0. The van der Waals surface area contributed by atoms with Crippen molar-refractivity contribution >= 4 is 11.0 Å². The van der Waals surface area contributed by atoms with Gasteiger partial charge in [-0.05, 0) is 13.8 Å². The minimum absolute atomic E-state index is 0.0100. The number of aliphatic hydroxyl groups is 1. The first-order valence-electron chi connectivity index (χ1n) is 6.37. The number of hydrogen-bond donors (Lipinski definition) is 2. The fourth-order valence-corrected chi connectivity index (χ4v) is 2.12. The third-order valence-electron chi connectivity index (χ3n) is 3.06. The topological polar surface area (TPSA) is 93.0 Å². The van der Waals surface area contributed by atoms with Gasteiger partial charge in [0.05, 0.1) is 18.4 Å². The first-order valence-corrected chi connectivity index (χ1v) is 5.67. The SMILES string of the molecule is [2H]C[C@H]1O[C@@H](n2ncc3c(=O)[nH]c(C)nc32)CC1O. The monoisotopic (exact) mass is 251 g/mol. The van der Waals surface area contributed by atoms with Crippen LogP contribution < -0.4 is 5.56 Å². The lowest BCUT2D eigenvalue weighted by molar-refractivity contribution is -0.0117. The van der Waals surface area contributed by atoms with E-state index in [0.717, 1.165) is 0 Å². The van der Waals surface area contributed by atoms with E-state index in [2.05, 4.69) is 15.1 Å². The molecule has 1 aliphatic rings.